The van der Waals surface area contributed by atoms with Crippen LogP contribution in [0.25, 0.3) is 10.8 Å². The zero-order valence-electron chi connectivity index (χ0n) is 12.7. The monoisotopic (exact) mass is 405 g/mol. The van der Waals surface area contributed by atoms with Crippen molar-refractivity contribution in [3.8, 4) is 0 Å². The topological polar surface area (TPSA) is 9.23 Å². The summed E-state index contributed by atoms with van der Waals surface area (Å²) in [4.78, 5) is 0. The molecule has 1 nitrogen and oxygen atoms in total. The molecule has 2 aromatic carbocycles. The van der Waals surface area contributed by atoms with Crippen LogP contribution < -0.4 is 24.8 Å². The molecule has 0 N–H and O–H groups in total. The molecule has 2 aromatic rings. The second-order valence-electron chi connectivity index (χ2n) is 5.80. The molecule has 0 aliphatic rings. The molecule has 0 aliphatic heterocycles. The third-order valence-corrected chi connectivity index (χ3v) is 4.01. The van der Waals surface area contributed by atoms with E-state index in [1.54, 1.807) is 0 Å². The van der Waals surface area contributed by atoms with Crippen LogP contribution in [0.15, 0.2) is 24.3 Å². The maximum atomic E-state index is 6.01. The fraction of sp³-hybridized carbons (Fsp3) is 0.400. The number of hydrogen-bond acceptors (Lipinski definition) is 1. The first-order chi connectivity index (χ1) is 7.87. The molecule has 1 radical (unpaired) electrons. The number of fused-ring (bicyclic) bond motifs is 1. The molecule has 2 rings (SSSR count). The maximum absolute atomic E-state index is 6.01. The summed E-state index contributed by atoms with van der Waals surface area (Å²) < 4.78 is 6.01. The van der Waals surface area contributed by atoms with Crippen LogP contribution in [0.3, 0.4) is 0 Å². The Labute approximate surface area is 154 Å². The molecule has 0 bridgehead atoms. The summed E-state index contributed by atoms with van der Waals surface area (Å²) in [6.07, 6.45) is 0. The van der Waals surface area contributed by atoms with E-state index in [-0.39, 0.29) is 51.0 Å². The third-order valence-electron chi connectivity index (χ3n) is 3.00. The van der Waals surface area contributed by atoms with E-state index < -0.39 is 8.32 Å². The smallest absolute Gasteiger partial charge is 1.00 e. The number of benzene rings is 1. The van der Waals surface area contributed by atoms with Gasteiger partial charge in [0.2, 0.25) is 0 Å². The molecule has 0 aliphatic carbocycles. The molecule has 0 aromatic heterocycles. The van der Waals surface area contributed by atoms with Crippen molar-refractivity contribution in [3.05, 3.63) is 41.0 Å². The summed E-state index contributed by atoms with van der Waals surface area (Å²) in [5.41, 5.74) is 4.01. The molecule has 0 heterocycles. The summed E-state index contributed by atoms with van der Waals surface area (Å²) in [7, 11) is -1.43. The van der Waals surface area contributed by atoms with Crippen molar-refractivity contribution >= 4 is 19.1 Å². The van der Waals surface area contributed by atoms with Gasteiger partial charge in [-0.3, -0.25) is 0 Å². The fourth-order valence-electron chi connectivity index (χ4n) is 2.07. The molecule has 5 heteroatoms. The Morgan fingerprint density at radius 2 is 1.70 bits per heavy atom. The van der Waals surface area contributed by atoms with E-state index >= 15 is 0 Å². The number of halogens is 2. The van der Waals surface area contributed by atoms with Gasteiger partial charge in [0.1, 0.15) is 0 Å². The first kappa shape index (κ1) is 22.7. The van der Waals surface area contributed by atoms with E-state index in [9.17, 15) is 0 Å². The van der Waals surface area contributed by atoms with Crippen molar-refractivity contribution in [2.24, 2.45) is 0 Å². The van der Waals surface area contributed by atoms with Crippen LogP contribution >= 0.6 is 0 Å². The quantitative estimate of drug-likeness (QED) is 0.446. The first-order valence-corrected chi connectivity index (χ1v) is 9.57. The Balaban J connectivity index is 0. The Morgan fingerprint density at radius 1 is 1.10 bits per heavy atom. The van der Waals surface area contributed by atoms with Gasteiger partial charge in [-0.05, 0) is 19.6 Å². The molecule has 0 spiro atoms. The van der Waals surface area contributed by atoms with Crippen LogP contribution in [0.5, 0.6) is 0 Å². The first-order valence-electron chi connectivity index (χ1n) is 6.16. The second kappa shape index (κ2) is 8.80. The zero-order valence-corrected chi connectivity index (χ0v) is 17.7. The molecule has 20 heavy (non-hydrogen) atoms. The molecule has 0 unspecified atom stereocenters. The van der Waals surface area contributed by atoms with E-state index in [0.29, 0.717) is 0 Å². The summed E-state index contributed by atoms with van der Waals surface area (Å²) in [6, 6.07) is 8.94. The molecular formula is C15H21Cl2OSiZr. The van der Waals surface area contributed by atoms with Crippen LogP contribution in [-0.4, -0.2) is 8.32 Å². The van der Waals surface area contributed by atoms with Gasteiger partial charge in [0.15, 0.2) is 8.32 Å². The number of rotatable bonds is 3. The van der Waals surface area contributed by atoms with Crippen LogP contribution in [0.2, 0.25) is 19.6 Å². The molecule has 109 valence electrons. The van der Waals surface area contributed by atoms with Crippen LogP contribution in [0.4, 0.5) is 0 Å². The Kier molecular flexibility index (Phi) is 10.0. The molecular weight excluding hydrogens is 386 g/mol. The standard InChI is InChI=1S/C15H21OSi.2ClH.Zr/c1-11-8-14-12(2)6-7-13(15(14)9-11)10-16-17(3,4)5;;;/h6-9H,10H2,1-5H3;2*1H;/q-1;;;+3/p-2. The summed E-state index contributed by atoms with van der Waals surface area (Å²) in [5, 5.41) is 2.74. The summed E-state index contributed by atoms with van der Waals surface area (Å²) >= 11 is 0. The molecule has 0 fully saturated rings. The van der Waals surface area contributed by atoms with Crippen molar-refractivity contribution in [2.45, 2.75) is 40.1 Å². The van der Waals surface area contributed by atoms with Gasteiger partial charge in [-0.15, -0.1) is 34.0 Å². The van der Waals surface area contributed by atoms with Crippen molar-refractivity contribution in [3.63, 3.8) is 0 Å². The van der Waals surface area contributed by atoms with Gasteiger partial charge >= 0.3 is 26.2 Å². The zero-order chi connectivity index (χ0) is 12.6. The Hall–Kier alpha value is 0.470. The molecule has 0 saturated heterocycles. The molecule has 0 saturated carbocycles. The van der Waals surface area contributed by atoms with Crippen LogP contribution in [-0.2, 0) is 37.2 Å². The predicted molar refractivity (Wildman–Crippen MR) is 77.2 cm³/mol. The Morgan fingerprint density at radius 3 is 2.25 bits per heavy atom. The minimum absolute atomic E-state index is 0. The van der Waals surface area contributed by atoms with Gasteiger partial charge in [-0.25, -0.2) is 0 Å². The number of aryl methyl sites for hydroxylation is 2. The van der Waals surface area contributed by atoms with Crippen molar-refractivity contribution in [1.29, 1.82) is 0 Å². The van der Waals surface area contributed by atoms with Gasteiger partial charge in [0, 0.05) is 0 Å². The maximum Gasteiger partial charge on any atom is 3.00 e. The SMILES string of the molecule is Cc1cc2c(CO[Si](C)(C)C)ccc(C)c2[cH-]1.[Cl-].[Cl-].[Zr+3]. The average molecular weight is 408 g/mol. The predicted octanol–water partition coefficient (Wildman–Crippen LogP) is -1.47. The number of hydrogen-bond donors (Lipinski definition) is 0. The summed E-state index contributed by atoms with van der Waals surface area (Å²) in [6.45, 7) is 11.8. The van der Waals surface area contributed by atoms with E-state index in [0.717, 1.165) is 6.61 Å². The van der Waals surface area contributed by atoms with Crippen LogP contribution in [0.1, 0.15) is 16.7 Å². The minimum atomic E-state index is -1.43. The van der Waals surface area contributed by atoms with Gasteiger partial charge in [0.05, 0.1) is 6.61 Å². The van der Waals surface area contributed by atoms with Gasteiger partial charge < -0.3 is 29.2 Å². The largest absolute Gasteiger partial charge is 3.00 e. The van der Waals surface area contributed by atoms with Crippen molar-refractivity contribution in [2.75, 3.05) is 0 Å². The van der Waals surface area contributed by atoms with E-state index in [4.69, 9.17) is 4.43 Å². The Bertz CT molecular complexity index is 547. The van der Waals surface area contributed by atoms with Crippen LogP contribution in [0, 0.1) is 13.8 Å². The third kappa shape index (κ3) is 5.69. The van der Waals surface area contributed by atoms with E-state index in [1.807, 2.05) is 0 Å². The fourth-order valence-corrected chi connectivity index (χ4v) is 2.66. The molecule has 0 atom stereocenters. The normalized spacial score (nSPS) is 10.4. The second-order valence-corrected chi connectivity index (χ2v) is 10.3. The van der Waals surface area contributed by atoms with E-state index in [1.165, 1.54) is 27.5 Å². The minimum Gasteiger partial charge on any atom is -1.00 e. The molecule has 0 amide bonds. The van der Waals surface area contributed by atoms with Gasteiger partial charge in [0.25, 0.3) is 0 Å². The summed E-state index contributed by atoms with van der Waals surface area (Å²) in [5.74, 6) is 0. The average Bonchev–Trinajstić information content (AvgIpc) is 2.58. The van der Waals surface area contributed by atoms with E-state index in [2.05, 4.69) is 57.8 Å². The van der Waals surface area contributed by atoms with Gasteiger partial charge in [-0.1, -0.05) is 25.5 Å². The van der Waals surface area contributed by atoms with Gasteiger partial charge in [-0.2, -0.15) is 6.07 Å². The van der Waals surface area contributed by atoms with Crippen molar-refractivity contribution < 1.29 is 55.4 Å². The van der Waals surface area contributed by atoms with Crippen molar-refractivity contribution in [1.82, 2.24) is 0 Å².